The Hall–Kier alpha value is -2.29. The molecule has 0 radical (unpaired) electrons. The number of ether oxygens (including phenoxy) is 1. The number of rotatable bonds is 1. The second-order valence-electron chi connectivity index (χ2n) is 4.35. The smallest absolute Gasteiger partial charge is 0.153 e. The molecule has 0 fully saturated rings. The van der Waals surface area contributed by atoms with Crippen molar-refractivity contribution >= 4 is 11.5 Å². The molecule has 0 aliphatic carbocycles. The van der Waals surface area contributed by atoms with Gasteiger partial charge in [0.05, 0.1) is 0 Å². The zero-order chi connectivity index (χ0) is 12.5. The molecule has 0 aromatic heterocycles. The van der Waals surface area contributed by atoms with Crippen molar-refractivity contribution in [2.45, 2.75) is 13.0 Å². The van der Waals surface area contributed by atoms with E-state index in [0.717, 1.165) is 22.6 Å². The van der Waals surface area contributed by atoms with Gasteiger partial charge in [-0.2, -0.15) is 0 Å². The molecule has 1 unspecified atom stereocenters. The minimum Gasteiger partial charge on any atom is -0.481 e. The zero-order valence-electron chi connectivity index (χ0n) is 10.1. The van der Waals surface area contributed by atoms with E-state index in [1.165, 1.54) is 0 Å². The highest BCUT2D eigenvalue weighted by molar-refractivity contribution is 5.90. The highest BCUT2D eigenvalue weighted by Crippen LogP contribution is 2.35. The van der Waals surface area contributed by atoms with Gasteiger partial charge in [0.25, 0.3) is 0 Å². The van der Waals surface area contributed by atoms with Gasteiger partial charge in [-0.05, 0) is 30.2 Å². The molecule has 0 saturated carbocycles. The largest absolute Gasteiger partial charge is 0.481 e. The lowest BCUT2D eigenvalue weighted by Gasteiger charge is -2.21. The third-order valence-corrected chi connectivity index (χ3v) is 3.04. The SMILES string of the molecule is CC1Oc2ccc(-c3ccccc3)cc2N=C1N. The number of amidine groups is 1. The standard InChI is InChI=1S/C15H14N2O/c1-10-15(16)17-13-9-12(7-8-14(13)18-10)11-5-3-2-4-6-11/h2-10H,1H3,(H2,16,17). The van der Waals surface area contributed by atoms with Crippen molar-refractivity contribution in [2.24, 2.45) is 10.7 Å². The van der Waals surface area contributed by atoms with Crippen LogP contribution in [0.1, 0.15) is 6.92 Å². The summed E-state index contributed by atoms with van der Waals surface area (Å²) in [4.78, 5) is 4.38. The number of hydrogen-bond acceptors (Lipinski definition) is 3. The molecule has 3 heteroatoms. The summed E-state index contributed by atoms with van der Waals surface area (Å²) in [5, 5.41) is 0. The van der Waals surface area contributed by atoms with E-state index in [1.54, 1.807) is 0 Å². The highest BCUT2D eigenvalue weighted by Gasteiger charge is 2.18. The first-order valence-electron chi connectivity index (χ1n) is 5.94. The summed E-state index contributed by atoms with van der Waals surface area (Å²) in [6.07, 6.45) is -0.153. The Morgan fingerprint density at radius 2 is 1.83 bits per heavy atom. The number of nitrogens with zero attached hydrogens (tertiary/aromatic N) is 1. The maximum Gasteiger partial charge on any atom is 0.153 e. The minimum atomic E-state index is -0.153. The molecule has 0 spiro atoms. The van der Waals surface area contributed by atoms with Crippen molar-refractivity contribution in [2.75, 3.05) is 0 Å². The zero-order valence-corrected chi connectivity index (χ0v) is 10.1. The summed E-state index contributed by atoms with van der Waals surface area (Å²) < 4.78 is 5.68. The van der Waals surface area contributed by atoms with Gasteiger partial charge in [-0.25, -0.2) is 4.99 Å². The van der Waals surface area contributed by atoms with E-state index >= 15 is 0 Å². The third kappa shape index (κ3) is 1.84. The molecular weight excluding hydrogens is 224 g/mol. The molecule has 2 aromatic carbocycles. The quantitative estimate of drug-likeness (QED) is 0.829. The van der Waals surface area contributed by atoms with Gasteiger partial charge in [-0.15, -0.1) is 0 Å². The van der Waals surface area contributed by atoms with Crippen LogP contribution in [0.4, 0.5) is 5.69 Å². The van der Waals surface area contributed by atoms with Crippen LogP contribution in [0.3, 0.4) is 0 Å². The number of aliphatic imine (C=N–C) groups is 1. The monoisotopic (exact) mass is 238 g/mol. The Kier molecular flexibility index (Phi) is 2.52. The minimum absolute atomic E-state index is 0.153. The van der Waals surface area contributed by atoms with Gasteiger partial charge < -0.3 is 10.5 Å². The number of fused-ring (bicyclic) bond motifs is 1. The van der Waals surface area contributed by atoms with Crippen molar-refractivity contribution in [1.82, 2.24) is 0 Å². The topological polar surface area (TPSA) is 47.6 Å². The average Bonchev–Trinajstić information content (AvgIpc) is 2.41. The van der Waals surface area contributed by atoms with E-state index in [9.17, 15) is 0 Å². The Labute approximate surface area is 106 Å². The van der Waals surface area contributed by atoms with Crippen LogP contribution in [-0.2, 0) is 0 Å². The van der Waals surface area contributed by atoms with Crippen molar-refractivity contribution in [3.63, 3.8) is 0 Å². The molecule has 3 rings (SSSR count). The molecule has 1 aliphatic heterocycles. The summed E-state index contributed by atoms with van der Waals surface area (Å²) in [6, 6.07) is 16.2. The maximum absolute atomic E-state index is 5.81. The van der Waals surface area contributed by atoms with Crippen LogP contribution in [0.15, 0.2) is 53.5 Å². The van der Waals surface area contributed by atoms with Crippen molar-refractivity contribution in [3.05, 3.63) is 48.5 Å². The van der Waals surface area contributed by atoms with Gasteiger partial charge in [0, 0.05) is 0 Å². The Morgan fingerprint density at radius 3 is 2.61 bits per heavy atom. The Bertz CT molecular complexity index is 605. The van der Waals surface area contributed by atoms with Gasteiger partial charge in [-0.3, -0.25) is 0 Å². The number of nitrogens with two attached hydrogens (primary N) is 1. The van der Waals surface area contributed by atoms with Crippen LogP contribution in [-0.4, -0.2) is 11.9 Å². The van der Waals surface area contributed by atoms with Gasteiger partial charge in [0.2, 0.25) is 0 Å². The van der Waals surface area contributed by atoms with Crippen molar-refractivity contribution in [1.29, 1.82) is 0 Å². The first-order valence-corrected chi connectivity index (χ1v) is 5.94. The van der Waals surface area contributed by atoms with Crippen molar-refractivity contribution in [3.8, 4) is 16.9 Å². The lowest BCUT2D eigenvalue weighted by atomic mass is 10.0. The van der Waals surface area contributed by atoms with E-state index in [4.69, 9.17) is 10.5 Å². The first-order chi connectivity index (χ1) is 8.74. The van der Waals surface area contributed by atoms with Gasteiger partial charge in [0.1, 0.15) is 17.3 Å². The molecule has 18 heavy (non-hydrogen) atoms. The van der Waals surface area contributed by atoms with E-state index in [1.807, 2.05) is 43.3 Å². The summed E-state index contributed by atoms with van der Waals surface area (Å²) in [5.74, 6) is 1.31. The summed E-state index contributed by atoms with van der Waals surface area (Å²) >= 11 is 0. The molecule has 2 aromatic rings. The number of hydrogen-bond donors (Lipinski definition) is 1. The highest BCUT2D eigenvalue weighted by atomic mass is 16.5. The second kappa shape index (κ2) is 4.18. The fourth-order valence-corrected chi connectivity index (χ4v) is 2.00. The molecule has 1 aliphatic rings. The molecule has 0 saturated heterocycles. The summed E-state index contributed by atoms with van der Waals surface area (Å²) in [6.45, 7) is 1.90. The lowest BCUT2D eigenvalue weighted by Crippen LogP contribution is -2.33. The summed E-state index contributed by atoms with van der Waals surface area (Å²) in [7, 11) is 0. The Balaban J connectivity index is 2.06. The number of benzene rings is 2. The second-order valence-corrected chi connectivity index (χ2v) is 4.35. The molecule has 90 valence electrons. The Morgan fingerprint density at radius 1 is 1.06 bits per heavy atom. The normalized spacial score (nSPS) is 17.6. The van der Waals surface area contributed by atoms with Crippen LogP contribution in [0, 0.1) is 0 Å². The van der Waals surface area contributed by atoms with Crippen LogP contribution in [0.5, 0.6) is 5.75 Å². The molecular formula is C15H14N2O. The summed E-state index contributed by atoms with van der Waals surface area (Å²) in [5.41, 5.74) is 8.88. The predicted octanol–water partition coefficient (Wildman–Crippen LogP) is 3.12. The van der Waals surface area contributed by atoms with E-state index in [2.05, 4.69) is 17.1 Å². The fraction of sp³-hybridized carbons (Fsp3) is 0.133. The van der Waals surface area contributed by atoms with Gasteiger partial charge >= 0.3 is 0 Å². The predicted molar refractivity (Wildman–Crippen MR) is 73.3 cm³/mol. The van der Waals surface area contributed by atoms with Gasteiger partial charge in [-0.1, -0.05) is 36.4 Å². The van der Waals surface area contributed by atoms with E-state index in [0.29, 0.717) is 5.84 Å². The first kappa shape index (κ1) is 10.8. The lowest BCUT2D eigenvalue weighted by molar-refractivity contribution is 0.281. The van der Waals surface area contributed by atoms with Crippen LogP contribution >= 0.6 is 0 Å². The molecule has 0 amide bonds. The molecule has 3 nitrogen and oxygen atoms in total. The third-order valence-electron chi connectivity index (χ3n) is 3.04. The van der Waals surface area contributed by atoms with E-state index in [-0.39, 0.29) is 6.10 Å². The molecule has 0 bridgehead atoms. The van der Waals surface area contributed by atoms with Gasteiger partial charge in [0.15, 0.2) is 6.10 Å². The van der Waals surface area contributed by atoms with Crippen LogP contribution in [0.25, 0.3) is 11.1 Å². The average molecular weight is 238 g/mol. The molecule has 1 atom stereocenters. The van der Waals surface area contributed by atoms with Crippen LogP contribution in [0.2, 0.25) is 0 Å². The van der Waals surface area contributed by atoms with E-state index < -0.39 is 0 Å². The molecule has 1 heterocycles. The fourth-order valence-electron chi connectivity index (χ4n) is 2.00. The van der Waals surface area contributed by atoms with Crippen LogP contribution < -0.4 is 10.5 Å². The maximum atomic E-state index is 5.81. The molecule has 2 N–H and O–H groups in total. The van der Waals surface area contributed by atoms with Crippen molar-refractivity contribution < 1.29 is 4.74 Å².